The van der Waals surface area contributed by atoms with Crippen molar-refractivity contribution in [2.45, 2.75) is 46.3 Å². The van der Waals surface area contributed by atoms with Gasteiger partial charge in [0.05, 0.1) is 12.0 Å². The first kappa shape index (κ1) is 16.4. The molecule has 2 N–H and O–H groups in total. The van der Waals surface area contributed by atoms with Crippen LogP contribution in [0, 0.1) is 5.41 Å². The van der Waals surface area contributed by atoms with Crippen molar-refractivity contribution in [3.8, 4) is 0 Å². The van der Waals surface area contributed by atoms with E-state index in [0.29, 0.717) is 19.8 Å². The van der Waals surface area contributed by atoms with Gasteiger partial charge in [-0.1, -0.05) is 13.3 Å². The van der Waals surface area contributed by atoms with Gasteiger partial charge in [-0.3, -0.25) is 4.79 Å². The lowest BCUT2D eigenvalue weighted by Crippen LogP contribution is -2.45. The summed E-state index contributed by atoms with van der Waals surface area (Å²) in [6, 6.07) is 0. The molecule has 0 aromatic carbocycles. The molecular formula is C14H28N2O3. The lowest BCUT2D eigenvalue weighted by Gasteiger charge is -2.27. The highest BCUT2D eigenvalue weighted by Gasteiger charge is 2.40. The van der Waals surface area contributed by atoms with E-state index in [9.17, 15) is 4.79 Å². The van der Waals surface area contributed by atoms with Crippen molar-refractivity contribution in [1.29, 1.82) is 0 Å². The van der Waals surface area contributed by atoms with Gasteiger partial charge < -0.3 is 20.1 Å². The maximum atomic E-state index is 12.4. The van der Waals surface area contributed by atoms with Crippen molar-refractivity contribution in [2.24, 2.45) is 5.41 Å². The fourth-order valence-corrected chi connectivity index (χ4v) is 2.64. The highest BCUT2D eigenvalue weighted by molar-refractivity contribution is 5.83. The second-order valence-corrected chi connectivity index (χ2v) is 5.01. The minimum absolute atomic E-state index is 0.128. The van der Waals surface area contributed by atoms with Crippen LogP contribution in [0.5, 0.6) is 0 Å². The van der Waals surface area contributed by atoms with Crippen LogP contribution in [0.15, 0.2) is 0 Å². The SMILES string of the molecule is CCCC1(C(=O)NCC(OCC)OCC)CCNC1. The molecule has 1 atom stereocenters. The zero-order valence-electron chi connectivity index (χ0n) is 12.5. The van der Waals surface area contributed by atoms with Crippen LogP contribution in [-0.2, 0) is 14.3 Å². The number of amides is 1. The molecular weight excluding hydrogens is 244 g/mol. The van der Waals surface area contributed by atoms with Crippen molar-refractivity contribution >= 4 is 5.91 Å². The summed E-state index contributed by atoms with van der Waals surface area (Å²) < 4.78 is 10.9. The zero-order valence-corrected chi connectivity index (χ0v) is 12.5. The summed E-state index contributed by atoms with van der Waals surface area (Å²) in [6.45, 7) is 9.27. The molecule has 19 heavy (non-hydrogen) atoms. The topological polar surface area (TPSA) is 59.6 Å². The van der Waals surface area contributed by atoms with E-state index in [1.165, 1.54) is 0 Å². The molecule has 0 bridgehead atoms. The van der Waals surface area contributed by atoms with E-state index < -0.39 is 0 Å². The van der Waals surface area contributed by atoms with Gasteiger partial charge in [-0.05, 0) is 33.2 Å². The molecule has 5 nitrogen and oxygen atoms in total. The quantitative estimate of drug-likeness (QED) is 0.621. The van der Waals surface area contributed by atoms with E-state index in [1.54, 1.807) is 0 Å². The first-order chi connectivity index (χ1) is 9.18. The average molecular weight is 272 g/mol. The maximum absolute atomic E-state index is 12.4. The van der Waals surface area contributed by atoms with Gasteiger partial charge in [0.25, 0.3) is 0 Å². The van der Waals surface area contributed by atoms with Gasteiger partial charge in [0.15, 0.2) is 6.29 Å². The van der Waals surface area contributed by atoms with Crippen LogP contribution < -0.4 is 10.6 Å². The van der Waals surface area contributed by atoms with Crippen molar-refractivity contribution < 1.29 is 14.3 Å². The van der Waals surface area contributed by atoms with Crippen LogP contribution in [-0.4, -0.2) is 45.0 Å². The average Bonchev–Trinajstić information content (AvgIpc) is 2.86. The minimum atomic E-state index is -0.341. The van der Waals surface area contributed by atoms with Gasteiger partial charge in [0.2, 0.25) is 5.91 Å². The highest BCUT2D eigenvalue weighted by Crippen LogP contribution is 2.31. The predicted octanol–water partition coefficient (Wildman–Crippen LogP) is 1.28. The molecule has 0 radical (unpaired) electrons. The van der Waals surface area contributed by atoms with Gasteiger partial charge >= 0.3 is 0 Å². The van der Waals surface area contributed by atoms with Gasteiger partial charge in [0.1, 0.15) is 0 Å². The number of hydrogen-bond acceptors (Lipinski definition) is 4. The fourth-order valence-electron chi connectivity index (χ4n) is 2.64. The van der Waals surface area contributed by atoms with E-state index in [2.05, 4.69) is 17.6 Å². The lowest BCUT2D eigenvalue weighted by molar-refractivity contribution is -0.145. The normalized spacial score (nSPS) is 22.9. The Morgan fingerprint density at radius 1 is 1.32 bits per heavy atom. The third-order valence-corrected chi connectivity index (χ3v) is 3.59. The third-order valence-electron chi connectivity index (χ3n) is 3.59. The number of rotatable bonds is 9. The van der Waals surface area contributed by atoms with Crippen LogP contribution >= 0.6 is 0 Å². The van der Waals surface area contributed by atoms with Gasteiger partial charge in [-0.2, -0.15) is 0 Å². The molecule has 1 aliphatic rings. The van der Waals surface area contributed by atoms with Gasteiger partial charge in [-0.15, -0.1) is 0 Å². The Morgan fingerprint density at radius 2 is 2.00 bits per heavy atom. The van der Waals surface area contributed by atoms with Crippen LogP contribution in [0.3, 0.4) is 0 Å². The maximum Gasteiger partial charge on any atom is 0.227 e. The first-order valence-electron chi connectivity index (χ1n) is 7.40. The Hall–Kier alpha value is -0.650. The van der Waals surface area contributed by atoms with Gasteiger partial charge in [0, 0.05) is 19.8 Å². The molecule has 0 aromatic rings. The number of nitrogens with one attached hydrogen (secondary N) is 2. The molecule has 1 heterocycles. The monoisotopic (exact) mass is 272 g/mol. The standard InChI is InChI=1S/C14H28N2O3/c1-4-7-14(8-9-15-11-14)13(17)16-10-12(18-5-2)19-6-3/h12,15H,4-11H2,1-3H3,(H,16,17). The minimum Gasteiger partial charge on any atom is -0.351 e. The van der Waals surface area contributed by atoms with E-state index in [0.717, 1.165) is 32.4 Å². The third kappa shape index (κ3) is 4.75. The summed E-state index contributed by atoms with van der Waals surface area (Å²) in [5, 5.41) is 6.28. The molecule has 1 amide bonds. The Balaban J connectivity index is 2.47. The molecule has 1 saturated heterocycles. The summed E-state index contributed by atoms with van der Waals surface area (Å²) >= 11 is 0. The fraction of sp³-hybridized carbons (Fsp3) is 0.929. The Morgan fingerprint density at radius 3 is 2.47 bits per heavy atom. The zero-order chi connectivity index (χ0) is 14.1. The Kier molecular flexibility index (Phi) is 7.34. The van der Waals surface area contributed by atoms with Crippen molar-refractivity contribution in [3.05, 3.63) is 0 Å². The molecule has 0 aromatic heterocycles. The summed E-state index contributed by atoms with van der Waals surface area (Å²) in [5.41, 5.74) is -0.238. The van der Waals surface area contributed by atoms with E-state index in [4.69, 9.17) is 9.47 Å². The first-order valence-corrected chi connectivity index (χ1v) is 7.40. The van der Waals surface area contributed by atoms with Crippen LogP contribution in [0.4, 0.5) is 0 Å². The summed E-state index contributed by atoms with van der Waals surface area (Å²) in [4.78, 5) is 12.4. The van der Waals surface area contributed by atoms with Crippen molar-refractivity contribution in [1.82, 2.24) is 10.6 Å². The van der Waals surface area contributed by atoms with Crippen LogP contribution in [0.1, 0.15) is 40.0 Å². The number of ether oxygens (including phenoxy) is 2. The summed E-state index contributed by atoms with van der Waals surface area (Å²) in [5.74, 6) is 0.128. The molecule has 0 spiro atoms. The van der Waals surface area contributed by atoms with Crippen molar-refractivity contribution in [3.63, 3.8) is 0 Å². The molecule has 112 valence electrons. The summed E-state index contributed by atoms with van der Waals surface area (Å²) in [7, 11) is 0. The molecule has 5 heteroatoms. The smallest absolute Gasteiger partial charge is 0.227 e. The Bertz CT molecular complexity index is 259. The molecule has 0 saturated carbocycles. The number of carbonyl (C=O) groups is 1. The van der Waals surface area contributed by atoms with Crippen LogP contribution in [0.25, 0.3) is 0 Å². The number of hydrogen-bond donors (Lipinski definition) is 2. The van der Waals surface area contributed by atoms with Crippen molar-refractivity contribution in [2.75, 3.05) is 32.8 Å². The molecule has 1 rings (SSSR count). The van der Waals surface area contributed by atoms with E-state index in [1.807, 2.05) is 13.8 Å². The predicted molar refractivity (Wildman–Crippen MR) is 74.9 cm³/mol. The highest BCUT2D eigenvalue weighted by atomic mass is 16.7. The van der Waals surface area contributed by atoms with Crippen LogP contribution in [0.2, 0.25) is 0 Å². The van der Waals surface area contributed by atoms with E-state index >= 15 is 0 Å². The Labute approximate surface area is 116 Å². The van der Waals surface area contributed by atoms with Gasteiger partial charge in [-0.25, -0.2) is 0 Å². The number of carbonyl (C=O) groups excluding carboxylic acids is 1. The second-order valence-electron chi connectivity index (χ2n) is 5.01. The lowest BCUT2D eigenvalue weighted by atomic mass is 9.81. The van der Waals surface area contributed by atoms with E-state index in [-0.39, 0.29) is 17.6 Å². The second kappa shape index (κ2) is 8.51. The molecule has 0 aliphatic carbocycles. The molecule has 1 unspecified atom stereocenters. The largest absolute Gasteiger partial charge is 0.351 e. The molecule has 1 aliphatic heterocycles. The summed E-state index contributed by atoms with van der Waals surface area (Å²) in [6.07, 6.45) is 2.53. The molecule has 1 fully saturated rings.